The monoisotopic (exact) mass is 325 g/mol. The smallest absolute Gasteiger partial charge is 0.233 e. The first-order chi connectivity index (χ1) is 9.98. The second-order valence-corrected chi connectivity index (χ2v) is 9.45. The molecule has 1 aliphatic rings. The molecule has 0 aliphatic heterocycles. The van der Waals surface area contributed by atoms with Gasteiger partial charge in [0, 0.05) is 13.6 Å². The molecule has 0 radical (unpaired) electrons. The lowest BCUT2D eigenvalue weighted by molar-refractivity contribution is 0.588. The Bertz CT molecular complexity index is 650. The van der Waals surface area contributed by atoms with Gasteiger partial charge in [-0.05, 0) is 41.4 Å². The van der Waals surface area contributed by atoms with Gasteiger partial charge in [-0.3, -0.25) is 4.31 Å². The van der Waals surface area contributed by atoms with Crippen LogP contribution >= 0.6 is 0 Å². The van der Waals surface area contributed by atoms with Crippen LogP contribution in [0.25, 0.3) is 0 Å². The second-order valence-electron chi connectivity index (χ2n) is 7.43. The van der Waals surface area contributed by atoms with Gasteiger partial charge in [0.1, 0.15) is 11.6 Å². The highest BCUT2D eigenvalue weighted by Crippen LogP contribution is 2.37. The van der Waals surface area contributed by atoms with E-state index in [1.807, 2.05) is 12.1 Å². The van der Waals surface area contributed by atoms with Crippen molar-refractivity contribution in [3.63, 3.8) is 0 Å². The summed E-state index contributed by atoms with van der Waals surface area (Å²) in [5, 5.41) is 3.36. The van der Waals surface area contributed by atoms with Crippen LogP contribution in [-0.2, 0) is 15.4 Å². The molecule has 6 heteroatoms. The lowest BCUT2D eigenvalue weighted by Gasteiger charge is -2.24. The summed E-state index contributed by atoms with van der Waals surface area (Å²) in [6.45, 7) is 9.47. The SMILES string of the molecule is CC1CC1CNc1cc(C(C)(C)C)cc(N(C)S(C)(=O)=O)n1. The van der Waals surface area contributed by atoms with Crippen molar-refractivity contribution in [1.82, 2.24) is 4.98 Å². The Morgan fingerprint density at radius 1 is 1.36 bits per heavy atom. The molecule has 1 aromatic heterocycles. The molecule has 0 saturated heterocycles. The maximum atomic E-state index is 11.8. The van der Waals surface area contributed by atoms with E-state index >= 15 is 0 Å². The van der Waals surface area contributed by atoms with E-state index < -0.39 is 10.0 Å². The van der Waals surface area contributed by atoms with Gasteiger partial charge < -0.3 is 5.32 Å². The van der Waals surface area contributed by atoms with Gasteiger partial charge in [0.2, 0.25) is 10.0 Å². The van der Waals surface area contributed by atoms with Gasteiger partial charge >= 0.3 is 0 Å². The predicted molar refractivity (Wildman–Crippen MR) is 91.9 cm³/mol. The average molecular weight is 325 g/mol. The summed E-state index contributed by atoms with van der Waals surface area (Å²) in [5.74, 6) is 2.69. The Hall–Kier alpha value is -1.30. The standard InChI is InChI=1S/C16H27N3O2S/c1-11-7-12(11)10-17-14-8-13(16(2,3)4)9-15(18-14)19(5)22(6,20)21/h8-9,11-12H,7,10H2,1-6H3,(H,17,18). The van der Waals surface area contributed by atoms with Crippen molar-refractivity contribution in [2.75, 3.05) is 29.5 Å². The second kappa shape index (κ2) is 5.72. The van der Waals surface area contributed by atoms with Gasteiger partial charge in [-0.2, -0.15) is 0 Å². The van der Waals surface area contributed by atoms with E-state index in [0.717, 1.165) is 23.8 Å². The molecule has 1 aromatic rings. The molecule has 0 aromatic carbocycles. The Morgan fingerprint density at radius 3 is 2.41 bits per heavy atom. The summed E-state index contributed by atoms with van der Waals surface area (Å²) in [4.78, 5) is 4.47. The number of anilines is 2. The number of nitrogens with one attached hydrogen (secondary N) is 1. The summed E-state index contributed by atoms with van der Waals surface area (Å²) in [5.41, 5.74) is 0.999. The van der Waals surface area contributed by atoms with Gasteiger partial charge in [-0.25, -0.2) is 13.4 Å². The lowest BCUT2D eigenvalue weighted by Crippen LogP contribution is -2.27. The molecule has 2 atom stereocenters. The average Bonchev–Trinajstić information content (AvgIpc) is 3.09. The molecule has 1 N–H and O–H groups in total. The van der Waals surface area contributed by atoms with Crippen LogP contribution in [0.3, 0.4) is 0 Å². The lowest BCUT2D eigenvalue weighted by atomic mass is 9.87. The third kappa shape index (κ3) is 4.12. The summed E-state index contributed by atoms with van der Waals surface area (Å²) >= 11 is 0. The number of aromatic nitrogens is 1. The van der Waals surface area contributed by atoms with E-state index in [4.69, 9.17) is 0 Å². The van der Waals surface area contributed by atoms with Crippen molar-refractivity contribution in [3.05, 3.63) is 17.7 Å². The van der Waals surface area contributed by atoms with Crippen LogP contribution < -0.4 is 9.62 Å². The van der Waals surface area contributed by atoms with E-state index in [1.54, 1.807) is 0 Å². The van der Waals surface area contributed by atoms with Crippen LogP contribution in [0.1, 0.15) is 39.7 Å². The molecule has 2 rings (SSSR count). The molecule has 5 nitrogen and oxygen atoms in total. The highest BCUT2D eigenvalue weighted by molar-refractivity contribution is 7.92. The van der Waals surface area contributed by atoms with Crippen LogP contribution in [0.5, 0.6) is 0 Å². The highest BCUT2D eigenvalue weighted by atomic mass is 32.2. The minimum absolute atomic E-state index is 0.0701. The van der Waals surface area contributed by atoms with Crippen molar-refractivity contribution in [2.45, 2.75) is 39.5 Å². The van der Waals surface area contributed by atoms with E-state index in [9.17, 15) is 8.42 Å². The fraction of sp³-hybridized carbons (Fsp3) is 0.688. The molecule has 1 fully saturated rings. The number of sulfonamides is 1. The first-order valence-electron chi connectivity index (χ1n) is 7.69. The van der Waals surface area contributed by atoms with Crippen molar-refractivity contribution in [2.24, 2.45) is 11.8 Å². The Morgan fingerprint density at radius 2 is 1.95 bits per heavy atom. The summed E-state index contributed by atoms with van der Waals surface area (Å²) in [6.07, 6.45) is 2.44. The topological polar surface area (TPSA) is 62.3 Å². The minimum atomic E-state index is -3.32. The van der Waals surface area contributed by atoms with Crippen LogP contribution in [0.15, 0.2) is 12.1 Å². The van der Waals surface area contributed by atoms with Crippen molar-refractivity contribution < 1.29 is 8.42 Å². The van der Waals surface area contributed by atoms with Gasteiger partial charge in [0.15, 0.2) is 0 Å². The molecule has 22 heavy (non-hydrogen) atoms. The predicted octanol–water partition coefficient (Wildman–Crippen LogP) is 2.84. The first-order valence-corrected chi connectivity index (χ1v) is 9.53. The number of pyridine rings is 1. The van der Waals surface area contributed by atoms with Gasteiger partial charge in [-0.15, -0.1) is 0 Å². The number of hydrogen-bond acceptors (Lipinski definition) is 4. The number of hydrogen-bond donors (Lipinski definition) is 1. The van der Waals surface area contributed by atoms with Crippen LogP contribution in [0.2, 0.25) is 0 Å². The quantitative estimate of drug-likeness (QED) is 0.904. The summed E-state index contributed by atoms with van der Waals surface area (Å²) < 4.78 is 24.8. The van der Waals surface area contributed by atoms with Crippen molar-refractivity contribution in [3.8, 4) is 0 Å². The van der Waals surface area contributed by atoms with E-state index in [1.165, 1.54) is 24.0 Å². The van der Waals surface area contributed by atoms with Gasteiger partial charge in [0.05, 0.1) is 6.26 Å². The van der Waals surface area contributed by atoms with Crippen molar-refractivity contribution in [1.29, 1.82) is 0 Å². The molecule has 0 amide bonds. The zero-order valence-electron chi connectivity index (χ0n) is 14.3. The Kier molecular flexibility index (Phi) is 4.44. The molecule has 1 heterocycles. The Balaban J connectivity index is 2.32. The van der Waals surface area contributed by atoms with Gasteiger partial charge in [-0.1, -0.05) is 27.7 Å². The van der Waals surface area contributed by atoms with E-state index in [0.29, 0.717) is 11.7 Å². The fourth-order valence-electron chi connectivity index (χ4n) is 2.29. The normalized spacial score (nSPS) is 21.5. The van der Waals surface area contributed by atoms with E-state index in [-0.39, 0.29) is 5.41 Å². The molecular formula is C16H27N3O2S. The minimum Gasteiger partial charge on any atom is -0.370 e. The Labute approximate surface area is 134 Å². The molecule has 2 unspecified atom stereocenters. The molecule has 0 spiro atoms. The molecule has 0 bridgehead atoms. The zero-order valence-corrected chi connectivity index (χ0v) is 15.2. The maximum Gasteiger partial charge on any atom is 0.233 e. The van der Waals surface area contributed by atoms with Gasteiger partial charge in [0.25, 0.3) is 0 Å². The van der Waals surface area contributed by atoms with Crippen LogP contribution in [0, 0.1) is 11.8 Å². The summed E-state index contributed by atoms with van der Waals surface area (Å²) in [6, 6.07) is 3.87. The van der Waals surface area contributed by atoms with Crippen molar-refractivity contribution >= 4 is 21.7 Å². The van der Waals surface area contributed by atoms with Crippen LogP contribution in [0.4, 0.5) is 11.6 Å². The first kappa shape index (κ1) is 17.1. The fourth-order valence-corrected chi connectivity index (χ4v) is 2.72. The number of rotatable bonds is 5. The third-order valence-corrected chi connectivity index (χ3v) is 5.50. The number of nitrogens with zero attached hydrogens (tertiary/aromatic N) is 2. The van der Waals surface area contributed by atoms with Crippen LogP contribution in [-0.4, -0.2) is 33.2 Å². The largest absolute Gasteiger partial charge is 0.370 e. The van der Waals surface area contributed by atoms with E-state index in [2.05, 4.69) is 38.0 Å². The molecule has 1 saturated carbocycles. The summed E-state index contributed by atoms with van der Waals surface area (Å²) in [7, 11) is -1.78. The molecule has 1 aliphatic carbocycles. The third-order valence-electron chi connectivity index (χ3n) is 4.32. The zero-order chi connectivity index (χ0) is 16.7. The highest BCUT2D eigenvalue weighted by Gasteiger charge is 2.32. The maximum absolute atomic E-state index is 11.8. The molecular weight excluding hydrogens is 298 g/mol. The molecule has 124 valence electrons.